The molecule has 4 rings (SSSR count). The molecule has 1 fully saturated rings. The highest BCUT2D eigenvalue weighted by Gasteiger charge is 2.26. The summed E-state index contributed by atoms with van der Waals surface area (Å²) < 4.78 is 34.2. The Bertz CT molecular complexity index is 1120. The summed E-state index contributed by atoms with van der Waals surface area (Å²) in [6.45, 7) is 2.66. The van der Waals surface area contributed by atoms with E-state index in [9.17, 15) is 13.6 Å². The lowest BCUT2D eigenvalue weighted by Crippen LogP contribution is -2.49. The van der Waals surface area contributed by atoms with Crippen molar-refractivity contribution < 1.29 is 18.3 Å². The number of benzene rings is 3. The van der Waals surface area contributed by atoms with Crippen LogP contribution >= 0.6 is 23.2 Å². The number of nitrogens with zero attached hydrogens (tertiary/aromatic N) is 2. The zero-order chi connectivity index (χ0) is 24.1. The van der Waals surface area contributed by atoms with Gasteiger partial charge in [0.15, 0.2) is 0 Å². The highest BCUT2D eigenvalue weighted by molar-refractivity contribution is 6.33. The van der Waals surface area contributed by atoms with Gasteiger partial charge in [0.25, 0.3) is 5.91 Å². The molecule has 1 aliphatic rings. The second-order valence-electron chi connectivity index (χ2n) is 8.12. The molecule has 1 atom stereocenters. The van der Waals surface area contributed by atoms with Crippen LogP contribution in [0, 0.1) is 11.6 Å². The average molecular weight is 505 g/mol. The monoisotopic (exact) mass is 504 g/mol. The Hall–Kier alpha value is -2.51. The van der Waals surface area contributed by atoms with Gasteiger partial charge in [-0.15, -0.1) is 0 Å². The molecule has 3 aromatic rings. The van der Waals surface area contributed by atoms with Gasteiger partial charge in [-0.2, -0.15) is 0 Å². The summed E-state index contributed by atoms with van der Waals surface area (Å²) in [6.07, 6.45) is -0.429. The summed E-state index contributed by atoms with van der Waals surface area (Å²) in [5.41, 5.74) is 1.25. The fourth-order valence-corrected chi connectivity index (χ4v) is 4.30. The molecule has 3 aromatic carbocycles. The fourth-order valence-electron chi connectivity index (χ4n) is 3.96. The van der Waals surface area contributed by atoms with E-state index in [4.69, 9.17) is 27.9 Å². The van der Waals surface area contributed by atoms with Gasteiger partial charge >= 0.3 is 0 Å². The number of rotatable bonds is 7. The van der Waals surface area contributed by atoms with Crippen LogP contribution in [0.2, 0.25) is 10.0 Å². The summed E-state index contributed by atoms with van der Waals surface area (Å²) in [4.78, 5) is 16.8. The van der Waals surface area contributed by atoms with Crippen molar-refractivity contribution in [1.82, 2.24) is 9.80 Å². The molecule has 178 valence electrons. The van der Waals surface area contributed by atoms with Crippen LogP contribution in [0.15, 0.2) is 66.7 Å². The molecule has 0 saturated carbocycles. The van der Waals surface area contributed by atoms with Gasteiger partial charge in [-0.1, -0.05) is 53.5 Å². The minimum Gasteiger partial charge on any atom is -0.367 e. The Morgan fingerprint density at radius 2 is 1.53 bits per heavy atom. The first-order chi connectivity index (χ1) is 16.4. The van der Waals surface area contributed by atoms with Crippen LogP contribution in [0.4, 0.5) is 8.78 Å². The van der Waals surface area contributed by atoms with E-state index < -0.39 is 17.7 Å². The van der Waals surface area contributed by atoms with Crippen molar-refractivity contribution in [2.75, 3.05) is 32.7 Å². The van der Waals surface area contributed by atoms with Gasteiger partial charge in [-0.25, -0.2) is 8.78 Å². The van der Waals surface area contributed by atoms with E-state index in [1.807, 2.05) is 12.1 Å². The van der Waals surface area contributed by atoms with Crippen LogP contribution in [-0.4, -0.2) is 48.4 Å². The first-order valence-electron chi connectivity index (χ1n) is 11.0. The predicted molar refractivity (Wildman–Crippen MR) is 129 cm³/mol. The molecule has 1 aliphatic heterocycles. The lowest BCUT2D eigenvalue weighted by molar-refractivity contribution is 0.00145. The van der Waals surface area contributed by atoms with Gasteiger partial charge in [0.05, 0.1) is 23.3 Å². The second-order valence-corrected chi connectivity index (χ2v) is 8.97. The molecule has 0 aromatic heterocycles. The molecule has 8 heteroatoms. The number of amides is 1. The third kappa shape index (κ3) is 5.94. The molecule has 0 unspecified atom stereocenters. The number of carbonyl (C=O) groups is 1. The highest BCUT2D eigenvalue weighted by Crippen LogP contribution is 2.25. The van der Waals surface area contributed by atoms with Crippen LogP contribution < -0.4 is 0 Å². The minimum absolute atomic E-state index is 0.0919. The molecule has 1 heterocycles. The van der Waals surface area contributed by atoms with Crippen LogP contribution in [-0.2, 0) is 11.3 Å². The number of hydrogen-bond donors (Lipinski definition) is 0. The van der Waals surface area contributed by atoms with Crippen molar-refractivity contribution in [2.24, 2.45) is 0 Å². The van der Waals surface area contributed by atoms with Gasteiger partial charge in [-0.3, -0.25) is 9.69 Å². The van der Waals surface area contributed by atoms with Crippen molar-refractivity contribution in [3.8, 4) is 0 Å². The Morgan fingerprint density at radius 1 is 0.882 bits per heavy atom. The highest BCUT2D eigenvalue weighted by atomic mass is 35.5. The van der Waals surface area contributed by atoms with Crippen LogP contribution in [0.1, 0.15) is 27.6 Å². The first kappa shape index (κ1) is 24.6. The number of hydrogen-bond acceptors (Lipinski definition) is 3. The smallest absolute Gasteiger partial charge is 0.255 e. The van der Waals surface area contributed by atoms with Crippen molar-refractivity contribution in [3.05, 3.63) is 105 Å². The lowest BCUT2D eigenvalue weighted by Gasteiger charge is -2.36. The van der Waals surface area contributed by atoms with Gasteiger partial charge < -0.3 is 9.64 Å². The second kappa shape index (κ2) is 11.3. The standard InChI is InChI=1S/C26H24Cl2F2N2O2/c27-19-10-8-18(9-11-19)25(34-17-21-23(29)6-3-7-24(21)30)16-31-12-14-32(15-13-31)26(33)20-4-1-2-5-22(20)28/h1-11,25H,12-17H2/t25-/m0/s1. The molecular formula is C26H24Cl2F2N2O2. The van der Waals surface area contributed by atoms with Gasteiger partial charge in [0.1, 0.15) is 11.6 Å². The SMILES string of the molecule is O=C(c1ccccc1Cl)N1CCN(C[C@H](OCc2c(F)cccc2F)c2ccc(Cl)cc2)CC1. The summed E-state index contributed by atoms with van der Waals surface area (Å²) in [5, 5.41) is 1.03. The van der Waals surface area contributed by atoms with Gasteiger partial charge in [0.2, 0.25) is 0 Å². The molecule has 0 radical (unpaired) electrons. The maximum atomic E-state index is 14.1. The van der Waals surface area contributed by atoms with E-state index in [1.165, 1.54) is 18.2 Å². The van der Waals surface area contributed by atoms with Crippen LogP contribution in [0.3, 0.4) is 0 Å². The van der Waals surface area contributed by atoms with Crippen molar-refractivity contribution >= 4 is 29.1 Å². The molecule has 1 amide bonds. The van der Waals surface area contributed by atoms with Gasteiger partial charge in [-0.05, 0) is 42.0 Å². The van der Waals surface area contributed by atoms with E-state index in [2.05, 4.69) is 4.90 Å². The minimum atomic E-state index is -0.637. The molecule has 0 N–H and O–H groups in total. The maximum absolute atomic E-state index is 14.1. The third-order valence-electron chi connectivity index (χ3n) is 5.92. The van der Waals surface area contributed by atoms with Crippen molar-refractivity contribution in [2.45, 2.75) is 12.7 Å². The van der Waals surface area contributed by atoms with E-state index in [0.717, 1.165) is 5.56 Å². The zero-order valence-electron chi connectivity index (χ0n) is 18.4. The molecule has 34 heavy (non-hydrogen) atoms. The van der Waals surface area contributed by atoms with E-state index >= 15 is 0 Å². The number of piperazine rings is 1. The Labute approximate surface area is 207 Å². The van der Waals surface area contributed by atoms with Crippen molar-refractivity contribution in [1.29, 1.82) is 0 Å². The maximum Gasteiger partial charge on any atom is 0.255 e. The quantitative estimate of drug-likeness (QED) is 0.396. The van der Waals surface area contributed by atoms with E-state index in [1.54, 1.807) is 41.3 Å². The Balaban J connectivity index is 1.42. The zero-order valence-corrected chi connectivity index (χ0v) is 19.9. The van der Waals surface area contributed by atoms with E-state index in [-0.39, 0.29) is 18.1 Å². The molecular weight excluding hydrogens is 481 g/mol. The predicted octanol–water partition coefficient (Wildman–Crippen LogP) is 5.99. The average Bonchev–Trinajstić information content (AvgIpc) is 2.84. The summed E-state index contributed by atoms with van der Waals surface area (Å²) in [6, 6.07) is 18.0. The molecule has 0 aliphatic carbocycles. The first-order valence-corrected chi connectivity index (χ1v) is 11.7. The molecule has 4 nitrogen and oxygen atoms in total. The summed E-state index contributed by atoms with van der Waals surface area (Å²) in [7, 11) is 0. The largest absolute Gasteiger partial charge is 0.367 e. The molecule has 0 bridgehead atoms. The normalized spacial score (nSPS) is 15.4. The lowest BCUT2D eigenvalue weighted by atomic mass is 10.1. The van der Waals surface area contributed by atoms with Crippen LogP contribution in [0.25, 0.3) is 0 Å². The number of ether oxygens (including phenoxy) is 1. The summed E-state index contributed by atoms with van der Waals surface area (Å²) in [5.74, 6) is -1.37. The topological polar surface area (TPSA) is 32.8 Å². The van der Waals surface area contributed by atoms with Crippen LogP contribution in [0.5, 0.6) is 0 Å². The number of carbonyl (C=O) groups excluding carboxylic acids is 1. The fraction of sp³-hybridized carbons (Fsp3) is 0.269. The number of halogens is 4. The van der Waals surface area contributed by atoms with Gasteiger partial charge in [0, 0.05) is 43.3 Å². The molecule has 1 saturated heterocycles. The third-order valence-corrected chi connectivity index (χ3v) is 6.50. The van der Waals surface area contributed by atoms with E-state index in [0.29, 0.717) is 48.3 Å². The molecule has 0 spiro atoms. The Morgan fingerprint density at radius 3 is 2.18 bits per heavy atom. The van der Waals surface area contributed by atoms with Crippen molar-refractivity contribution in [3.63, 3.8) is 0 Å². The Kier molecular flexibility index (Phi) is 8.16. The summed E-state index contributed by atoms with van der Waals surface area (Å²) >= 11 is 12.2.